The molecule has 3 heteroatoms. The monoisotopic (exact) mass is 433 g/mol. The molecule has 2 N–H and O–H groups in total. The molecule has 0 aromatic heterocycles. The molecule has 0 saturated carbocycles. The molecule has 1 aromatic rings. The summed E-state index contributed by atoms with van der Waals surface area (Å²) in [5.74, 6) is 1.66. The van der Waals surface area contributed by atoms with Gasteiger partial charge in [0.2, 0.25) is 0 Å². The average molecular weight is 434 g/mol. The van der Waals surface area contributed by atoms with Crippen LogP contribution in [-0.2, 0) is 0 Å². The van der Waals surface area contributed by atoms with Gasteiger partial charge in [-0.2, -0.15) is 0 Å². The lowest BCUT2D eigenvalue weighted by Crippen LogP contribution is -2.52. The molecule has 3 unspecified atom stereocenters. The molecular formula is C27H47NOS. The van der Waals surface area contributed by atoms with E-state index in [2.05, 4.69) is 34.0 Å². The van der Waals surface area contributed by atoms with Crippen molar-refractivity contribution < 1.29 is 4.79 Å². The first kappa shape index (κ1) is 27.2. The first-order valence-corrected chi connectivity index (χ1v) is 13.5. The third-order valence-electron chi connectivity index (χ3n) is 7.01. The van der Waals surface area contributed by atoms with Gasteiger partial charge >= 0.3 is 0 Å². The number of benzene rings is 1. The Kier molecular flexibility index (Phi) is 13.0. The van der Waals surface area contributed by atoms with E-state index < -0.39 is 5.54 Å². The topological polar surface area (TPSA) is 43.1 Å². The van der Waals surface area contributed by atoms with Crippen molar-refractivity contribution in [1.82, 2.24) is 0 Å². The van der Waals surface area contributed by atoms with Crippen LogP contribution in [0, 0.1) is 17.8 Å². The summed E-state index contributed by atoms with van der Waals surface area (Å²) < 4.78 is 0. The number of Topliss-reactive ketones (excluding diaryl/α,β-unsaturated/α-hetero) is 1. The van der Waals surface area contributed by atoms with E-state index in [0.717, 1.165) is 18.4 Å². The minimum Gasteiger partial charge on any atom is -0.319 e. The summed E-state index contributed by atoms with van der Waals surface area (Å²) in [7, 11) is 0. The lowest BCUT2D eigenvalue weighted by atomic mass is 9.70. The van der Waals surface area contributed by atoms with Crippen LogP contribution in [-0.4, -0.2) is 17.6 Å². The highest BCUT2D eigenvalue weighted by molar-refractivity contribution is 7.98. The summed E-state index contributed by atoms with van der Waals surface area (Å²) in [5.41, 5.74) is 6.85. The fourth-order valence-electron chi connectivity index (χ4n) is 4.59. The van der Waals surface area contributed by atoms with Gasteiger partial charge in [0.1, 0.15) is 0 Å². The van der Waals surface area contributed by atoms with Crippen LogP contribution in [0.15, 0.2) is 29.2 Å². The molecule has 0 amide bonds. The highest BCUT2D eigenvalue weighted by atomic mass is 32.2. The lowest BCUT2D eigenvalue weighted by Gasteiger charge is -2.37. The largest absolute Gasteiger partial charge is 0.319 e. The highest BCUT2D eigenvalue weighted by Gasteiger charge is 2.39. The summed E-state index contributed by atoms with van der Waals surface area (Å²) >= 11 is 1.70. The van der Waals surface area contributed by atoms with Gasteiger partial charge < -0.3 is 5.73 Å². The van der Waals surface area contributed by atoms with Crippen molar-refractivity contribution >= 4 is 17.5 Å². The second-order valence-corrected chi connectivity index (χ2v) is 10.2. The van der Waals surface area contributed by atoms with Crippen molar-refractivity contribution in [2.75, 3.05) is 6.26 Å². The molecule has 2 nitrogen and oxygen atoms in total. The Bertz CT molecular complexity index is 577. The molecule has 0 saturated heterocycles. The number of nitrogens with two attached hydrogens (primary N) is 1. The van der Waals surface area contributed by atoms with Gasteiger partial charge in [-0.15, -0.1) is 11.8 Å². The zero-order chi connectivity index (χ0) is 22.6. The van der Waals surface area contributed by atoms with Crippen LogP contribution < -0.4 is 5.73 Å². The lowest BCUT2D eigenvalue weighted by molar-refractivity contribution is 0.0792. The SMILES string of the molecule is CCCCC(CC)CC(CC(CC)CCCC)C(C)(N)C(=O)c1ccc(SC)cc1. The van der Waals surface area contributed by atoms with E-state index in [-0.39, 0.29) is 11.7 Å². The zero-order valence-corrected chi connectivity index (χ0v) is 21.3. The number of hydrogen-bond donors (Lipinski definition) is 1. The van der Waals surface area contributed by atoms with Crippen LogP contribution in [0.25, 0.3) is 0 Å². The van der Waals surface area contributed by atoms with Crippen LogP contribution in [0.4, 0.5) is 0 Å². The van der Waals surface area contributed by atoms with E-state index in [1.54, 1.807) is 11.8 Å². The Labute approximate surface area is 191 Å². The quantitative estimate of drug-likeness (QED) is 0.211. The fraction of sp³-hybridized carbons (Fsp3) is 0.741. The summed E-state index contributed by atoms with van der Waals surface area (Å²) in [6.07, 6.45) is 14.1. The minimum atomic E-state index is -0.819. The number of unbranched alkanes of at least 4 members (excludes halogenated alkanes) is 2. The van der Waals surface area contributed by atoms with Gasteiger partial charge in [0.15, 0.2) is 5.78 Å². The van der Waals surface area contributed by atoms with Gasteiger partial charge in [0, 0.05) is 10.5 Å². The normalized spacial score (nSPS) is 16.6. The third-order valence-corrected chi connectivity index (χ3v) is 7.76. The Balaban J connectivity index is 3.11. The fourth-order valence-corrected chi connectivity index (χ4v) is 5.00. The first-order chi connectivity index (χ1) is 14.3. The number of carbonyl (C=O) groups is 1. The van der Waals surface area contributed by atoms with Crippen LogP contribution in [0.1, 0.15) is 109 Å². The van der Waals surface area contributed by atoms with Gasteiger partial charge in [-0.05, 0) is 55.9 Å². The average Bonchev–Trinajstić information content (AvgIpc) is 2.77. The molecule has 172 valence electrons. The van der Waals surface area contributed by atoms with E-state index in [1.165, 1.54) is 56.3 Å². The molecule has 0 radical (unpaired) electrons. The minimum absolute atomic E-state index is 0.107. The Morgan fingerprint density at radius 2 is 1.40 bits per heavy atom. The molecule has 0 aliphatic rings. The predicted octanol–water partition coefficient (Wildman–Crippen LogP) is 8.14. The Hall–Kier alpha value is -0.800. The van der Waals surface area contributed by atoms with Gasteiger partial charge in [0.05, 0.1) is 5.54 Å². The van der Waals surface area contributed by atoms with Crippen LogP contribution in [0.2, 0.25) is 0 Å². The molecule has 0 spiro atoms. The van der Waals surface area contributed by atoms with Crippen molar-refractivity contribution in [2.45, 2.75) is 109 Å². The molecule has 0 bridgehead atoms. The molecule has 30 heavy (non-hydrogen) atoms. The maximum Gasteiger partial charge on any atom is 0.182 e. The van der Waals surface area contributed by atoms with E-state index in [9.17, 15) is 4.79 Å². The second-order valence-electron chi connectivity index (χ2n) is 9.34. The predicted molar refractivity (Wildman–Crippen MR) is 134 cm³/mol. The molecule has 0 aliphatic carbocycles. The number of rotatable bonds is 16. The van der Waals surface area contributed by atoms with Crippen molar-refractivity contribution in [3.63, 3.8) is 0 Å². The zero-order valence-electron chi connectivity index (χ0n) is 20.5. The Morgan fingerprint density at radius 3 is 1.77 bits per heavy atom. The molecule has 1 aromatic carbocycles. The van der Waals surface area contributed by atoms with E-state index >= 15 is 0 Å². The number of thioether (sulfide) groups is 1. The van der Waals surface area contributed by atoms with Crippen LogP contribution >= 0.6 is 11.8 Å². The van der Waals surface area contributed by atoms with E-state index in [0.29, 0.717) is 11.8 Å². The van der Waals surface area contributed by atoms with Gasteiger partial charge in [-0.3, -0.25) is 4.79 Å². The van der Waals surface area contributed by atoms with Crippen molar-refractivity contribution in [2.24, 2.45) is 23.5 Å². The van der Waals surface area contributed by atoms with Crippen LogP contribution in [0.5, 0.6) is 0 Å². The maximum absolute atomic E-state index is 13.5. The molecule has 0 aliphatic heterocycles. The molecule has 3 atom stereocenters. The second kappa shape index (κ2) is 14.3. The summed E-state index contributed by atoms with van der Waals surface area (Å²) in [6.45, 7) is 11.1. The van der Waals surface area contributed by atoms with Crippen molar-refractivity contribution in [3.8, 4) is 0 Å². The molecule has 0 fully saturated rings. The standard InChI is InChI=1S/C27H47NOS/c1-7-11-13-21(9-3)19-24(20-22(10-4)14-12-8-2)27(5,28)26(29)23-15-17-25(30-6)18-16-23/h15-18,21-22,24H,7-14,19-20,28H2,1-6H3. The summed E-state index contributed by atoms with van der Waals surface area (Å²) in [5, 5.41) is 0. The van der Waals surface area contributed by atoms with Gasteiger partial charge in [-0.25, -0.2) is 0 Å². The number of ketones is 1. The van der Waals surface area contributed by atoms with Gasteiger partial charge in [-0.1, -0.05) is 91.2 Å². The summed E-state index contributed by atoms with van der Waals surface area (Å²) in [6, 6.07) is 7.99. The molecule has 1 rings (SSSR count). The number of hydrogen-bond acceptors (Lipinski definition) is 3. The smallest absolute Gasteiger partial charge is 0.182 e. The Morgan fingerprint density at radius 1 is 0.933 bits per heavy atom. The third kappa shape index (κ3) is 8.38. The summed E-state index contributed by atoms with van der Waals surface area (Å²) in [4.78, 5) is 14.7. The first-order valence-electron chi connectivity index (χ1n) is 12.3. The number of carbonyl (C=O) groups excluding carboxylic acids is 1. The van der Waals surface area contributed by atoms with E-state index in [1.807, 2.05) is 31.2 Å². The maximum atomic E-state index is 13.5. The molecule has 0 heterocycles. The molecular weight excluding hydrogens is 386 g/mol. The highest BCUT2D eigenvalue weighted by Crippen LogP contribution is 2.36. The van der Waals surface area contributed by atoms with Gasteiger partial charge in [0.25, 0.3) is 0 Å². The van der Waals surface area contributed by atoms with E-state index in [4.69, 9.17) is 5.73 Å². The van der Waals surface area contributed by atoms with Crippen molar-refractivity contribution in [3.05, 3.63) is 29.8 Å². The van der Waals surface area contributed by atoms with Crippen LogP contribution in [0.3, 0.4) is 0 Å². The van der Waals surface area contributed by atoms with Crippen molar-refractivity contribution in [1.29, 1.82) is 0 Å².